The summed E-state index contributed by atoms with van der Waals surface area (Å²) in [5, 5.41) is 7.34. The van der Waals surface area contributed by atoms with E-state index in [1.165, 1.54) is 11.5 Å². The minimum atomic E-state index is -0.265. The Kier molecular flexibility index (Phi) is 2.92. The molecule has 2 heterocycles. The lowest BCUT2D eigenvalue weighted by Crippen LogP contribution is -2.18. The Morgan fingerprint density at radius 3 is 2.95 bits per heavy atom. The molecule has 5 nitrogen and oxygen atoms in total. The van der Waals surface area contributed by atoms with Crippen LogP contribution in [-0.2, 0) is 0 Å². The zero-order chi connectivity index (χ0) is 13.2. The molecule has 0 bridgehead atoms. The molecule has 19 heavy (non-hydrogen) atoms. The van der Waals surface area contributed by atoms with Crippen LogP contribution in [0.4, 0.5) is 15.5 Å². The Morgan fingerprint density at radius 1 is 1.26 bits per heavy atom. The molecule has 0 radical (unpaired) electrons. The highest BCUT2D eigenvalue weighted by atomic mass is 32.1. The first-order chi connectivity index (χ1) is 9.20. The van der Waals surface area contributed by atoms with Crippen molar-refractivity contribution in [3.8, 4) is 0 Å². The molecule has 0 fully saturated rings. The molecule has 96 valence electrons. The van der Waals surface area contributed by atoms with Crippen LogP contribution >= 0.6 is 11.5 Å². The number of fused-ring (bicyclic) bond motifs is 1. The minimum absolute atomic E-state index is 0.265. The second-order valence-corrected chi connectivity index (χ2v) is 5.00. The van der Waals surface area contributed by atoms with Crippen molar-refractivity contribution in [2.24, 2.45) is 0 Å². The fraction of sp³-hybridized carbons (Fsp3) is 0.0769. The van der Waals surface area contributed by atoms with Gasteiger partial charge in [-0.3, -0.25) is 5.32 Å². The van der Waals surface area contributed by atoms with Crippen LogP contribution in [0.3, 0.4) is 0 Å². The molecule has 0 spiro atoms. The number of carbonyl (C=O) groups excluding carboxylic acids is 1. The van der Waals surface area contributed by atoms with Gasteiger partial charge in [-0.05, 0) is 48.8 Å². The van der Waals surface area contributed by atoms with Crippen molar-refractivity contribution in [1.82, 2.24) is 9.36 Å². The smallest absolute Gasteiger partial charge is 0.324 e. The SMILES string of the molecule is Cc1cc(NC(=O)Nc2ccc3[nH]ccc3c2)sn1. The Hall–Kier alpha value is -2.34. The van der Waals surface area contributed by atoms with Gasteiger partial charge in [0.25, 0.3) is 0 Å². The molecule has 0 aliphatic carbocycles. The fourth-order valence-corrected chi connectivity index (χ4v) is 2.48. The summed E-state index contributed by atoms with van der Waals surface area (Å²) in [6, 6.07) is 9.24. The van der Waals surface area contributed by atoms with Gasteiger partial charge in [0, 0.05) is 22.8 Å². The molecule has 3 aromatic rings. The molecule has 2 amide bonds. The number of aromatic amines is 1. The quantitative estimate of drug-likeness (QED) is 0.667. The second kappa shape index (κ2) is 4.74. The molecular weight excluding hydrogens is 260 g/mol. The van der Waals surface area contributed by atoms with Gasteiger partial charge in [0.2, 0.25) is 0 Å². The number of aryl methyl sites for hydroxylation is 1. The van der Waals surface area contributed by atoms with Crippen LogP contribution in [0.5, 0.6) is 0 Å². The van der Waals surface area contributed by atoms with Gasteiger partial charge in [-0.2, -0.15) is 4.37 Å². The van der Waals surface area contributed by atoms with Crippen LogP contribution in [0.15, 0.2) is 36.5 Å². The number of rotatable bonds is 2. The molecule has 3 rings (SSSR count). The number of nitrogens with zero attached hydrogens (tertiary/aromatic N) is 1. The maximum absolute atomic E-state index is 11.8. The van der Waals surface area contributed by atoms with Crippen molar-refractivity contribution >= 4 is 39.2 Å². The Bertz CT molecular complexity index is 731. The van der Waals surface area contributed by atoms with Crippen molar-refractivity contribution in [3.05, 3.63) is 42.2 Å². The van der Waals surface area contributed by atoms with Crippen LogP contribution in [0.2, 0.25) is 0 Å². The van der Waals surface area contributed by atoms with Gasteiger partial charge in [-0.25, -0.2) is 4.79 Å². The van der Waals surface area contributed by atoms with E-state index < -0.39 is 0 Å². The number of carbonyl (C=O) groups is 1. The summed E-state index contributed by atoms with van der Waals surface area (Å²) in [4.78, 5) is 14.9. The third-order valence-corrected chi connectivity index (χ3v) is 3.47. The van der Waals surface area contributed by atoms with Gasteiger partial charge < -0.3 is 10.3 Å². The van der Waals surface area contributed by atoms with Gasteiger partial charge in [0.1, 0.15) is 5.00 Å². The number of H-pyrrole nitrogens is 1. The van der Waals surface area contributed by atoms with E-state index in [0.29, 0.717) is 0 Å². The average Bonchev–Trinajstić information content (AvgIpc) is 2.97. The summed E-state index contributed by atoms with van der Waals surface area (Å²) in [7, 11) is 0. The van der Waals surface area contributed by atoms with Crippen LogP contribution in [0.25, 0.3) is 10.9 Å². The van der Waals surface area contributed by atoms with Crippen LogP contribution in [0, 0.1) is 6.92 Å². The highest BCUT2D eigenvalue weighted by Gasteiger charge is 2.05. The standard InChI is InChI=1S/C13H12N4OS/c1-8-6-12(19-17-8)16-13(18)15-10-2-3-11-9(7-10)4-5-14-11/h2-7,14H,1H3,(H2,15,16,18). The highest BCUT2D eigenvalue weighted by molar-refractivity contribution is 7.10. The Balaban J connectivity index is 1.71. The highest BCUT2D eigenvalue weighted by Crippen LogP contribution is 2.19. The average molecular weight is 272 g/mol. The fourth-order valence-electron chi connectivity index (χ4n) is 1.83. The van der Waals surface area contributed by atoms with Crippen LogP contribution in [0.1, 0.15) is 5.69 Å². The molecule has 0 saturated carbocycles. The van der Waals surface area contributed by atoms with E-state index in [1.54, 1.807) is 0 Å². The van der Waals surface area contributed by atoms with E-state index in [2.05, 4.69) is 20.0 Å². The minimum Gasteiger partial charge on any atom is -0.361 e. The topological polar surface area (TPSA) is 69.8 Å². The second-order valence-electron chi connectivity index (χ2n) is 4.19. The molecule has 1 aromatic carbocycles. The van der Waals surface area contributed by atoms with Gasteiger partial charge in [-0.15, -0.1) is 0 Å². The van der Waals surface area contributed by atoms with E-state index in [1.807, 2.05) is 43.5 Å². The molecule has 0 aliphatic rings. The molecule has 0 atom stereocenters. The first-order valence-electron chi connectivity index (χ1n) is 5.79. The largest absolute Gasteiger partial charge is 0.361 e. The number of anilines is 2. The van der Waals surface area contributed by atoms with Crippen molar-refractivity contribution in [1.29, 1.82) is 0 Å². The van der Waals surface area contributed by atoms with Crippen LogP contribution in [-0.4, -0.2) is 15.4 Å². The number of aromatic nitrogens is 2. The van der Waals surface area contributed by atoms with E-state index in [4.69, 9.17) is 0 Å². The van der Waals surface area contributed by atoms with Gasteiger partial charge in [-0.1, -0.05) is 0 Å². The summed E-state index contributed by atoms with van der Waals surface area (Å²) in [5.74, 6) is 0. The molecule has 0 aliphatic heterocycles. The number of hydrogen-bond donors (Lipinski definition) is 3. The normalized spacial score (nSPS) is 10.6. The van der Waals surface area contributed by atoms with E-state index in [0.717, 1.165) is 27.3 Å². The number of nitrogens with one attached hydrogen (secondary N) is 3. The molecule has 0 saturated heterocycles. The molecule has 6 heteroatoms. The van der Waals surface area contributed by atoms with Crippen molar-refractivity contribution in [2.45, 2.75) is 6.92 Å². The first-order valence-corrected chi connectivity index (χ1v) is 6.56. The maximum atomic E-state index is 11.8. The zero-order valence-electron chi connectivity index (χ0n) is 10.2. The number of hydrogen-bond acceptors (Lipinski definition) is 3. The number of amides is 2. The first kappa shape index (κ1) is 11.7. The van der Waals surface area contributed by atoms with E-state index in [9.17, 15) is 4.79 Å². The summed E-state index contributed by atoms with van der Waals surface area (Å²) in [5.41, 5.74) is 2.70. The third-order valence-electron chi connectivity index (χ3n) is 2.68. The Labute approximate surface area is 113 Å². The number of benzene rings is 1. The molecule has 2 aromatic heterocycles. The van der Waals surface area contributed by atoms with Gasteiger partial charge in [0.05, 0.1) is 5.69 Å². The molecule has 3 N–H and O–H groups in total. The predicted octanol–water partition coefficient (Wildman–Crippen LogP) is 3.58. The maximum Gasteiger partial charge on any atom is 0.324 e. The van der Waals surface area contributed by atoms with E-state index >= 15 is 0 Å². The van der Waals surface area contributed by atoms with Gasteiger partial charge in [0.15, 0.2) is 0 Å². The van der Waals surface area contributed by atoms with Crippen LogP contribution < -0.4 is 10.6 Å². The predicted molar refractivity (Wildman–Crippen MR) is 77.8 cm³/mol. The van der Waals surface area contributed by atoms with Crippen molar-refractivity contribution < 1.29 is 4.79 Å². The molecule has 0 unspecified atom stereocenters. The molecular formula is C13H12N4OS. The summed E-state index contributed by atoms with van der Waals surface area (Å²) in [6.45, 7) is 1.89. The lowest BCUT2D eigenvalue weighted by atomic mass is 10.2. The van der Waals surface area contributed by atoms with Crippen molar-refractivity contribution in [2.75, 3.05) is 10.6 Å². The van der Waals surface area contributed by atoms with E-state index in [-0.39, 0.29) is 6.03 Å². The van der Waals surface area contributed by atoms with Gasteiger partial charge >= 0.3 is 6.03 Å². The summed E-state index contributed by atoms with van der Waals surface area (Å²) < 4.78 is 4.11. The monoisotopic (exact) mass is 272 g/mol. The summed E-state index contributed by atoms with van der Waals surface area (Å²) >= 11 is 1.27. The third kappa shape index (κ3) is 2.58. The lowest BCUT2D eigenvalue weighted by molar-refractivity contribution is 0.262. The Morgan fingerprint density at radius 2 is 2.16 bits per heavy atom. The van der Waals surface area contributed by atoms with Crippen molar-refractivity contribution in [3.63, 3.8) is 0 Å². The summed E-state index contributed by atoms with van der Waals surface area (Å²) in [6.07, 6.45) is 1.87. The zero-order valence-corrected chi connectivity index (χ0v) is 11.0. The number of urea groups is 1. The lowest BCUT2D eigenvalue weighted by Gasteiger charge is -2.05.